The number of anilines is 1. The van der Waals surface area contributed by atoms with Gasteiger partial charge >= 0.3 is 5.97 Å². The van der Waals surface area contributed by atoms with Gasteiger partial charge in [0, 0.05) is 23.4 Å². The molecule has 4 heterocycles. The van der Waals surface area contributed by atoms with E-state index in [1.54, 1.807) is 0 Å². The van der Waals surface area contributed by atoms with E-state index in [0.717, 1.165) is 11.3 Å². The van der Waals surface area contributed by atoms with Crippen molar-refractivity contribution in [2.45, 2.75) is 16.4 Å². The van der Waals surface area contributed by atoms with Crippen LogP contribution in [0.3, 0.4) is 0 Å². The van der Waals surface area contributed by atoms with E-state index in [4.69, 9.17) is 16.3 Å². The predicted octanol–water partition coefficient (Wildman–Crippen LogP) is -0.946. The Kier molecular flexibility index (Phi) is 7.35. The van der Waals surface area contributed by atoms with Crippen molar-refractivity contribution >= 4 is 63.5 Å². The molecule has 14 nitrogen and oxygen atoms in total. The van der Waals surface area contributed by atoms with Gasteiger partial charge in [-0.2, -0.15) is 0 Å². The van der Waals surface area contributed by atoms with Gasteiger partial charge in [-0.05, 0) is 5.57 Å². The molecule has 1 saturated heterocycles. The number of hydrogen-bond donors (Lipinski definition) is 5. The van der Waals surface area contributed by atoms with Crippen LogP contribution < -0.4 is 16.8 Å². The minimum absolute atomic E-state index is 0.0766. The number of rotatable bonds is 10. The molecule has 1 unspecified atom stereocenters. The van der Waals surface area contributed by atoms with Crippen molar-refractivity contribution in [3.05, 3.63) is 28.5 Å². The number of aromatic amines is 1. The molecular weight excluding hydrogens is 506 g/mol. The topological polar surface area (TPSA) is 215 Å². The van der Waals surface area contributed by atoms with E-state index in [2.05, 4.69) is 30.9 Å². The van der Waals surface area contributed by atoms with Crippen molar-refractivity contribution in [2.24, 2.45) is 10.9 Å². The van der Waals surface area contributed by atoms with Crippen LogP contribution in [0, 0.1) is 0 Å². The van der Waals surface area contributed by atoms with Crippen molar-refractivity contribution in [1.82, 2.24) is 30.6 Å². The number of thioether (sulfide) groups is 2. The van der Waals surface area contributed by atoms with Gasteiger partial charge in [0.05, 0.1) is 6.20 Å². The molecule has 7 N–H and O–H groups in total. The van der Waals surface area contributed by atoms with Crippen LogP contribution in [0.25, 0.3) is 0 Å². The molecule has 1 fully saturated rings. The maximum Gasteiger partial charge on any atom is 0.352 e. The Morgan fingerprint density at radius 1 is 1.47 bits per heavy atom. The summed E-state index contributed by atoms with van der Waals surface area (Å²) in [5.74, 6) is -1.73. The number of thiazole rings is 1. The summed E-state index contributed by atoms with van der Waals surface area (Å²) in [4.78, 5) is 48.1. The number of carboxylic acids is 1. The fourth-order valence-electron chi connectivity index (χ4n) is 3.19. The van der Waals surface area contributed by atoms with Gasteiger partial charge in [-0.3, -0.25) is 19.6 Å². The van der Waals surface area contributed by atoms with Crippen LogP contribution in [-0.2, 0) is 19.2 Å². The second-order valence-corrected chi connectivity index (χ2v) is 9.87. The van der Waals surface area contributed by atoms with E-state index in [-0.39, 0.29) is 35.4 Å². The molecule has 2 aliphatic rings. The fourth-order valence-corrected chi connectivity index (χ4v) is 6.01. The first-order chi connectivity index (χ1) is 16.4. The summed E-state index contributed by atoms with van der Waals surface area (Å²) in [6, 6.07) is -0.937. The first kappa shape index (κ1) is 24.0. The van der Waals surface area contributed by atoms with E-state index in [0.29, 0.717) is 22.1 Å². The Labute approximate surface area is 204 Å². The number of fused-ring (bicyclic) bond motifs is 1. The number of carbonyl (C=O) groups is 3. The van der Waals surface area contributed by atoms with Crippen LogP contribution in [-0.4, -0.2) is 90.0 Å². The number of nitrogen functional groups attached to an aromatic ring is 1. The summed E-state index contributed by atoms with van der Waals surface area (Å²) in [6.45, 7) is 0.265. The van der Waals surface area contributed by atoms with Crippen LogP contribution in [0.1, 0.15) is 5.69 Å². The molecule has 180 valence electrons. The Hall–Kier alpha value is -3.15. The number of amides is 2. The smallest absolute Gasteiger partial charge is 0.352 e. The number of oxime groups is 1. The first-order valence-electron chi connectivity index (χ1n) is 9.71. The van der Waals surface area contributed by atoms with Crippen molar-refractivity contribution < 1.29 is 24.3 Å². The summed E-state index contributed by atoms with van der Waals surface area (Å²) in [5, 5.41) is 28.1. The highest BCUT2D eigenvalue weighted by Gasteiger charge is 2.54. The molecule has 2 aliphatic heterocycles. The average molecular weight is 526 g/mol. The van der Waals surface area contributed by atoms with Gasteiger partial charge in [-0.25, -0.2) is 9.78 Å². The molecule has 2 aromatic rings. The van der Waals surface area contributed by atoms with Gasteiger partial charge in [0.15, 0.2) is 10.8 Å². The molecule has 2 atom stereocenters. The summed E-state index contributed by atoms with van der Waals surface area (Å²) in [6.07, 6.45) is 1.52. The van der Waals surface area contributed by atoms with Gasteiger partial charge in [0.1, 0.15) is 34.4 Å². The zero-order valence-corrected chi connectivity index (χ0v) is 19.8. The third-order valence-corrected chi connectivity index (χ3v) is 7.69. The fraction of sp³-hybridized carbons (Fsp3) is 0.353. The summed E-state index contributed by atoms with van der Waals surface area (Å²) in [5.41, 5.74) is 11.6. The van der Waals surface area contributed by atoms with Gasteiger partial charge in [-0.1, -0.05) is 10.4 Å². The monoisotopic (exact) mass is 525 g/mol. The number of aromatic nitrogens is 4. The highest BCUT2D eigenvalue weighted by atomic mass is 32.2. The van der Waals surface area contributed by atoms with Crippen molar-refractivity contribution in [3.8, 4) is 0 Å². The molecular formula is C17H19N9O5S3. The second kappa shape index (κ2) is 10.4. The van der Waals surface area contributed by atoms with Gasteiger partial charge in [0.25, 0.3) is 11.8 Å². The minimum Gasteiger partial charge on any atom is -0.477 e. The highest BCUT2D eigenvalue weighted by Crippen LogP contribution is 2.41. The van der Waals surface area contributed by atoms with Gasteiger partial charge in [0.2, 0.25) is 0 Å². The zero-order valence-electron chi connectivity index (χ0n) is 17.3. The number of nitrogens with zero attached hydrogens (tertiary/aromatic N) is 5. The number of nitrogens with two attached hydrogens (primary N) is 2. The van der Waals surface area contributed by atoms with E-state index in [1.807, 2.05) is 0 Å². The van der Waals surface area contributed by atoms with E-state index >= 15 is 0 Å². The zero-order chi connectivity index (χ0) is 24.2. The number of carboxylic acid groups (broad SMARTS) is 1. The molecule has 0 radical (unpaired) electrons. The Morgan fingerprint density at radius 2 is 2.29 bits per heavy atom. The van der Waals surface area contributed by atoms with E-state index in [9.17, 15) is 19.5 Å². The Balaban J connectivity index is 1.49. The molecule has 0 aliphatic carbocycles. The molecule has 2 amide bonds. The average Bonchev–Trinajstić information content (AvgIpc) is 3.49. The van der Waals surface area contributed by atoms with Gasteiger partial charge in [-0.15, -0.1) is 40.0 Å². The second-order valence-electron chi connectivity index (χ2n) is 6.86. The quantitative estimate of drug-likeness (QED) is 0.0834. The maximum absolute atomic E-state index is 12.9. The van der Waals surface area contributed by atoms with Crippen molar-refractivity contribution in [1.29, 1.82) is 0 Å². The molecule has 2 aromatic heterocycles. The lowest BCUT2D eigenvalue weighted by molar-refractivity contribution is -0.150. The molecule has 34 heavy (non-hydrogen) atoms. The summed E-state index contributed by atoms with van der Waals surface area (Å²) >= 11 is 3.81. The van der Waals surface area contributed by atoms with Crippen molar-refractivity contribution in [3.63, 3.8) is 0 Å². The van der Waals surface area contributed by atoms with Gasteiger partial charge < -0.3 is 26.7 Å². The van der Waals surface area contributed by atoms with Crippen LogP contribution in [0.15, 0.2) is 33.0 Å². The molecule has 4 rings (SSSR count). The third kappa shape index (κ3) is 4.86. The lowest BCUT2D eigenvalue weighted by Crippen LogP contribution is -2.71. The maximum atomic E-state index is 12.9. The molecule has 0 bridgehead atoms. The number of aliphatic carboxylic acids is 1. The SMILES string of the molecule is NCCO/N=C(\C(=O)NC1C(=O)N2C(C(=O)O)=C(CSc3cnn[nH]3)CS[C@H]12)c1csc(N)n1. The largest absolute Gasteiger partial charge is 0.477 e. The first-order valence-corrected chi connectivity index (χ1v) is 12.6. The standard InChI is InChI=1S/C17H19N9O5S3/c18-1-2-31-24-10(8-6-34-17(19)21-8)13(27)22-11-14(28)26-12(16(29)30)7(5-33-15(11)26)4-32-9-3-20-25-23-9/h3,6,11,15H,1-2,4-5,18H2,(H2,19,21)(H,22,27)(H,29,30)(H,20,23,25)/b24-10-/t11?,15-/m1/s1. The Bertz CT molecular complexity index is 1150. The van der Waals surface area contributed by atoms with Crippen LogP contribution in [0.5, 0.6) is 0 Å². The molecule has 0 saturated carbocycles. The van der Waals surface area contributed by atoms with Crippen LogP contribution >= 0.6 is 34.9 Å². The highest BCUT2D eigenvalue weighted by molar-refractivity contribution is 8.01. The predicted molar refractivity (Wildman–Crippen MR) is 125 cm³/mol. The molecule has 17 heteroatoms. The third-order valence-electron chi connectivity index (χ3n) is 4.68. The number of H-pyrrole nitrogens is 1. The number of β-lactam (4-membered cyclic amide) rings is 1. The minimum atomic E-state index is -1.21. The number of hydrogen-bond acceptors (Lipinski definition) is 13. The lowest BCUT2D eigenvalue weighted by Gasteiger charge is -2.49. The molecule has 0 aromatic carbocycles. The number of nitrogens with one attached hydrogen (secondary N) is 2. The summed E-state index contributed by atoms with van der Waals surface area (Å²) in [7, 11) is 0. The van der Waals surface area contributed by atoms with E-state index in [1.165, 1.54) is 40.0 Å². The number of carbonyl (C=O) groups excluding carboxylic acids is 2. The van der Waals surface area contributed by atoms with Crippen LogP contribution in [0.4, 0.5) is 5.13 Å². The summed E-state index contributed by atoms with van der Waals surface area (Å²) < 4.78 is 0. The Morgan fingerprint density at radius 3 is 2.94 bits per heavy atom. The van der Waals surface area contributed by atoms with Crippen LogP contribution in [0.2, 0.25) is 0 Å². The van der Waals surface area contributed by atoms with E-state index < -0.39 is 29.2 Å². The lowest BCUT2D eigenvalue weighted by atomic mass is 10.0. The van der Waals surface area contributed by atoms with Crippen molar-refractivity contribution in [2.75, 3.05) is 30.4 Å². The normalized spacial score (nSPS) is 20.1. The molecule has 0 spiro atoms.